The molecule has 1 aliphatic carbocycles. The summed E-state index contributed by atoms with van der Waals surface area (Å²) in [4.78, 5) is 14.0. The second-order valence-corrected chi connectivity index (χ2v) is 5.51. The van der Waals surface area contributed by atoms with Crippen molar-refractivity contribution in [2.45, 2.75) is 19.3 Å². The molecule has 0 spiro atoms. The molecular weight excluding hydrogens is 250 g/mol. The van der Waals surface area contributed by atoms with Crippen LogP contribution >= 0.6 is 0 Å². The molecule has 2 unspecified atom stereocenters. The SMILES string of the molecule is Nc1cc(F)c(F)cc1C(=O)N1CC2CCCC2C1. The summed E-state index contributed by atoms with van der Waals surface area (Å²) in [5, 5.41) is 0. The van der Waals surface area contributed by atoms with E-state index < -0.39 is 11.6 Å². The number of likely N-dealkylation sites (tertiary alicyclic amines) is 1. The minimum Gasteiger partial charge on any atom is -0.398 e. The van der Waals surface area contributed by atoms with Crippen LogP contribution in [0.4, 0.5) is 14.5 Å². The fraction of sp³-hybridized carbons (Fsp3) is 0.500. The fourth-order valence-corrected chi connectivity index (χ4v) is 3.32. The van der Waals surface area contributed by atoms with Crippen molar-refractivity contribution in [2.75, 3.05) is 18.8 Å². The van der Waals surface area contributed by atoms with Crippen LogP contribution < -0.4 is 5.73 Å². The maximum atomic E-state index is 13.2. The molecule has 1 saturated carbocycles. The molecule has 3 nitrogen and oxygen atoms in total. The maximum absolute atomic E-state index is 13.2. The quantitative estimate of drug-likeness (QED) is 0.793. The highest BCUT2D eigenvalue weighted by Crippen LogP contribution is 2.38. The van der Waals surface area contributed by atoms with Crippen molar-refractivity contribution < 1.29 is 13.6 Å². The van der Waals surface area contributed by atoms with Crippen molar-refractivity contribution in [3.63, 3.8) is 0 Å². The van der Waals surface area contributed by atoms with Crippen LogP contribution in [0.2, 0.25) is 0 Å². The van der Waals surface area contributed by atoms with Gasteiger partial charge in [0.05, 0.1) is 5.56 Å². The number of amides is 1. The molecule has 0 bridgehead atoms. The van der Waals surface area contributed by atoms with Crippen LogP contribution in [0.3, 0.4) is 0 Å². The number of hydrogen-bond donors (Lipinski definition) is 1. The number of fused-ring (bicyclic) bond motifs is 1. The normalized spacial score (nSPS) is 25.7. The van der Waals surface area contributed by atoms with E-state index in [2.05, 4.69) is 0 Å². The van der Waals surface area contributed by atoms with Gasteiger partial charge >= 0.3 is 0 Å². The van der Waals surface area contributed by atoms with Gasteiger partial charge in [-0.05, 0) is 30.7 Å². The van der Waals surface area contributed by atoms with E-state index in [9.17, 15) is 13.6 Å². The van der Waals surface area contributed by atoms with E-state index in [0.717, 1.165) is 25.0 Å². The lowest BCUT2D eigenvalue weighted by Crippen LogP contribution is -2.30. The van der Waals surface area contributed by atoms with Gasteiger partial charge in [0.2, 0.25) is 0 Å². The van der Waals surface area contributed by atoms with Crippen LogP contribution in [-0.2, 0) is 0 Å². The predicted octanol–water partition coefficient (Wildman–Crippen LogP) is 2.42. The maximum Gasteiger partial charge on any atom is 0.256 e. The third-order valence-electron chi connectivity index (χ3n) is 4.34. The molecule has 1 aromatic carbocycles. The summed E-state index contributed by atoms with van der Waals surface area (Å²) in [5.74, 6) is -1.21. The molecule has 1 aromatic rings. The smallest absolute Gasteiger partial charge is 0.256 e. The second-order valence-electron chi connectivity index (χ2n) is 5.51. The molecule has 1 amide bonds. The van der Waals surface area contributed by atoms with Crippen LogP contribution in [0.15, 0.2) is 12.1 Å². The van der Waals surface area contributed by atoms with Gasteiger partial charge in [0.1, 0.15) is 0 Å². The summed E-state index contributed by atoms with van der Waals surface area (Å²) < 4.78 is 26.2. The number of rotatable bonds is 1. The number of carbonyl (C=O) groups excluding carboxylic acids is 1. The minimum absolute atomic E-state index is 0.000888. The molecule has 1 aliphatic heterocycles. The van der Waals surface area contributed by atoms with E-state index in [1.807, 2.05) is 0 Å². The van der Waals surface area contributed by atoms with Gasteiger partial charge in [-0.25, -0.2) is 8.78 Å². The molecule has 2 fully saturated rings. The molecule has 19 heavy (non-hydrogen) atoms. The van der Waals surface area contributed by atoms with Crippen LogP contribution in [0.5, 0.6) is 0 Å². The number of nitrogens with zero attached hydrogens (tertiary/aromatic N) is 1. The summed E-state index contributed by atoms with van der Waals surface area (Å²) in [7, 11) is 0. The second kappa shape index (κ2) is 4.47. The Bertz CT molecular complexity index is 520. The highest BCUT2D eigenvalue weighted by atomic mass is 19.2. The number of nitrogens with two attached hydrogens (primary N) is 1. The topological polar surface area (TPSA) is 46.3 Å². The first kappa shape index (κ1) is 12.4. The zero-order valence-electron chi connectivity index (χ0n) is 10.5. The van der Waals surface area contributed by atoms with Gasteiger partial charge in [0.15, 0.2) is 11.6 Å². The summed E-state index contributed by atoms with van der Waals surface area (Å²) in [5.41, 5.74) is 5.69. The molecule has 5 heteroatoms. The number of anilines is 1. The lowest BCUT2D eigenvalue weighted by atomic mass is 10.0. The number of halogens is 2. The van der Waals surface area contributed by atoms with E-state index >= 15 is 0 Å². The Labute approximate surface area is 110 Å². The van der Waals surface area contributed by atoms with E-state index in [-0.39, 0.29) is 17.2 Å². The monoisotopic (exact) mass is 266 g/mol. The van der Waals surface area contributed by atoms with Gasteiger partial charge in [-0.15, -0.1) is 0 Å². The summed E-state index contributed by atoms with van der Waals surface area (Å²) in [6.45, 7) is 1.42. The lowest BCUT2D eigenvalue weighted by molar-refractivity contribution is 0.0781. The Morgan fingerprint density at radius 2 is 1.74 bits per heavy atom. The first-order chi connectivity index (χ1) is 9.06. The lowest BCUT2D eigenvalue weighted by Gasteiger charge is -2.18. The largest absolute Gasteiger partial charge is 0.398 e. The fourth-order valence-electron chi connectivity index (χ4n) is 3.32. The van der Waals surface area contributed by atoms with Crippen molar-refractivity contribution in [3.05, 3.63) is 29.3 Å². The predicted molar refractivity (Wildman–Crippen MR) is 67.5 cm³/mol. The number of nitrogen functional groups attached to an aromatic ring is 1. The standard InChI is InChI=1S/C14H16F2N2O/c15-11-4-10(13(17)5-12(11)16)14(19)18-6-8-2-1-3-9(8)7-18/h4-5,8-9H,1-3,6-7,17H2. The third-order valence-corrected chi connectivity index (χ3v) is 4.34. The van der Waals surface area contributed by atoms with Gasteiger partial charge in [-0.2, -0.15) is 0 Å². The average molecular weight is 266 g/mol. The minimum atomic E-state index is -1.03. The number of hydrogen-bond acceptors (Lipinski definition) is 2. The van der Waals surface area contributed by atoms with Crippen LogP contribution in [0, 0.1) is 23.5 Å². The van der Waals surface area contributed by atoms with E-state index in [1.165, 1.54) is 6.42 Å². The molecule has 2 aliphatic rings. The first-order valence-electron chi connectivity index (χ1n) is 6.60. The summed E-state index contributed by atoms with van der Waals surface area (Å²) in [6, 6.07) is 1.78. The van der Waals surface area contributed by atoms with Crippen molar-refractivity contribution in [3.8, 4) is 0 Å². The van der Waals surface area contributed by atoms with Crippen LogP contribution in [0.25, 0.3) is 0 Å². The molecule has 0 aromatic heterocycles. The van der Waals surface area contributed by atoms with Crippen LogP contribution in [0.1, 0.15) is 29.6 Å². The zero-order valence-corrected chi connectivity index (χ0v) is 10.5. The Morgan fingerprint density at radius 1 is 1.16 bits per heavy atom. The number of benzene rings is 1. The van der Waals surface area contributed by atoms with E-state index in [4.69, 9.17) is 5.73 Å². The van der Waals surface area contributed by atoms with Crippen molar-refractivity contribution in [1.82, 2.24) is 4.90 Å². The molecule has 1 heterocycles. The molecular formula is C14H16F2N2O. The van der Waals surface area contributed by atoms with Gasteiger partial charge in [-0.3, -0.25) is 4.79 Å². The Hall–Kier alpha value is -1.65. The molecule has 102 valence electrons. The van der Waals surface area contributed by atoms with Crippen LogP contribution in [-0.4, -0.2) is 23.9 Å². The molecule has 1 saturated heterocycles. The van der Waals surface area contributed by atoms with Gasteiger partial charge in [0.25, 0.3) is 5.91 Å². The van der Waals surface area contributed by atoms with Gasteiger partial charge in [0, 0.05) is 24.8 Å². The molecule has 0 radical (unpaired) electrons. The van der Waals surface area contributed by atoms with Gasteiger partial charge < -0.3 is 10.6 Å². The van der Waals surface area contributed by atoms with Crippen molar-refractivity contribution >= 4 is 11.6 Å². The molecule has 2 atom stereocenters. The Balaban J connectivity index is 1.83. The average Bonchev–Trinajstić information content (AvgIpc) is 2.93. The Kier molecular flexibility index (Phi) is 2.92. The summed E-state index contributed by atoms with van der Waals surface area (Å²) in [6.07, 6.45) is 3.54. The van der Waals surface area contributed by atoms with E-state index in [1.54, 1.807) is 4.90 Å². The van der Waals surface area contributed by atoms with Crippen molar-refractivity contribution in [1.29, 1.82) is 0 Å². The van der Waals surface area contributed by atoms with Crippen molar-refractivity contribution in [2.24, 2.45) is 11.8 Å². The first-order valence-corrected chi connectivity index (χ1v) is 6.60. The van der Waals surface area contributed by atoms with E-state index in [0.29, 0.717) is 24.9 Å². The third kappa shape index (κ3) is 2.07. The Morgan fingerprint density at radius 3 is 2.37 bits per heavy atom. The highest BCUT2D eigenvalue weighted by Gasteiger charge is 2.38. The van der Waals surface area contributed by atoms with Gasteiger partial charge in [-0.1, -0.05) is 6.42 Å². The number of carbonyl (C=O) groups is 1. The summed E-state index contributed by atoms with van der Waals surface area (Å²) >= 11 is 0. The zero-order chi connectivity index (χ0) is 13.6. The molecule has 2 N–H and O–H groups in total. The molecule has 3 rings (SSSR count). The highest BCUT2D eigenvalue weighted by molar-refractivity contribution is 5.99.